The highest BCUT2D eigenvalue weighted by molar-refractivity contribution is 7.16. The molecule has 0 saturated heterocycles. The Hall–Kier alpha value is -2.08. The van der Waals surface area contributed by atoms with Crippen LogP contribution in [0.1, 0.15) is 21.7 Å². The zero-order chi connectivity index (χ0) is 13.1. The maximum absolute atomic E-state index is 9.51. The molecule has 6 heteroatoms. The van der Waals surface area contributed by atoms with Gasteiger partial charge in [-0.25, -0.2) is 0 Å². The average Bonchev–Trinajstić information content (AvgIpc) is 2.72. The van der Waals surface area contributed by atoms with Gasteiger partial charge in [0.25, 0.3) is 0 Å². The lowest BCUT2D eigenvalue weighted by Gasteiger charge is -2.02. The van der Waals surface area contributed by atoms with E-state index in [1.54, 1.807) is 12.3 Å². The number of rotatable bonds is 3. The number of amidine groups is 1. The number of hydrogen-bond acceptors (Lipinski definition) is 5. The molecule has 2 rings (SSSR count). The number of thiophene rings is 1. The van der Waals surface area contributed by atoms with E-state index in [1.165, 1.54) is 0 Å². The summed E-state index contributed by atoms with van der Waals surface area (Å²) in [5, 5.41) is 21.3. The van der Waals surface area contributed by atoms with E-state index in [0.717, 1.165) is 28.2 Å². The lowest BCUT2D eigenvalue weighted by molar-refractivity contribution is 0.318. The highest BCUT2D eigenvalue weighted by Crippen LogP contribution is 2.29. The molecule has 0 aliphatic heterocycles. The Morgan fingerprint density at radius 2 is 2.28 bits per heavy atom. The van der Waals surface area contributed by atoms with Gasteiger partial charge < -0.3 is 16.0 Å². The number of hydrogen-bond donors (Lipinski definition) is 3. The van der Waals surface area contributed by atoms with Crippen molar-refractivity contribution in [1.29, 1.82) is 0 Å². The second-order valence-electron chi connectivity index (χ2n) is 3.93. The van der Waals surface area contributed by atoms with Gasteiger partial charge in [0.15, 0.2) is 10.9 Å². The Bertz CT molecular complexity index is 576. The Labute approximate surface area is 108 Å². The second kappa shape index (κ2) is 5.05. The zero-order valence-electron chi connectivity index (χ0n) is 9.79. The van der Waals surface area contributed by atoms with Crippen molar-refractivity contribution in [1.82, 2.24) is 4.98 Å². The van der Waals surface area contributed by atoms with Crippen LogP contribution >= 0.6 is 11.3 Å². The van der Waals surface area contributed by atoms with Crippen LogP contribution in [0.4, 0.5) is 0 Å². The predicted octanol–water partition coefficient (Wildman–Crippen LogP) is 1.84. The molecule has 0 saturated carbocycles. The number of aromatic nitrogens is 1. The van der Waals surface area contributed by atoms with E-state index in [9.17, 15) is 5.11 Å². The summed E-state index contributed by atoms with van der Waals surface area (Å²) in [5.74, 6) is 0.00223. The van der Waals surface area contributed by atoms with Gasteiger partial charge in [0.2, 0.25) is 0 Å². The van der Waals surface area contributed by atoms with Crippen LogP contribution in [0.5, 0.6) is 5.06 Å². The minimum Gasteiger partial charge on any atom is -0.499 e. The maximum Gasteiger partial charge on any atom is 0.180 e. The molecule has 2 heterocycles. The van der Waals surface area contributed by atoms with Crippen molar-refractivity contribution in [2.75, 3.05) is 0 Å². The van der Waals surface area contributed by atoms with E-state index in [1.807, 2.05) is 19.1 Å². The predicted molar refractivity (Wildman–Crippen MR) is 70.3 cm³/mol. The van der Waals surface area contributed by atoms with Crippen molar-refractivity contribution in [2.24, 2.45) is 10.9 Å². The van der Waals surface area contributed by atoms with Crippen LogP contribution < -0.4 is 5.73 Å². The first kappa shape index (κ1) is 12.4. The molecule has 0 amide bonds. The average molecular weight is 263 g/mol. The molecule has 2 aromatic heterocycles. The van der Waals surface area contributed by atoms with Crippen molar-refractivity contribution in [3.05, 3.63) is 46.1 Å². The second-order valence-corrected chi connectivity index (χ2v) is 4.96. The van der Waals surface area contributed by atoms with Gasteiger partial charge in [-0.05, 0) is 30.2 Å². The minimum absolute atomic E-state index is 0.00223. The number of nitrogens with two attached hydrogens (primary N) is 1. The van der Waals surface area contributed by atoms with E-state index in [4.69, 9.17) is 10.9 Å². The summed E-state index contributed by atoms with van der Waals surface area (Å²) in [6.07, 6.45) is 2.31. The molecular weight excluding hydrogens is 250 g/mol. The third kappa shape index (κ3) is 2.60. The van der Waals surface area contributed by atoms with Gasteiger partial charge in [-0.1, -0.05) is 22.6 Å². The summed E-state index contributed by atoms with van der Waals surface area (Å²) in [6.45, 7) is 1.97. The summed E-state index contributed by atoms with van der Waals surface area (Å²) in [7, 11) is 0. The first-order chi connectivity index (χ1) is 8.60. The third-order valence-corrected chi connectivity index (χ3v) is 3.48. The Morgan fingerprint density at radius 1 is 1.50 bits per heavy atom. The largest absolute Gasteiger partial charge is 0.499 e. The van der Waals surface area contributed by atoms with Gasteiger partial charge in [0, 0.05) is 18.3 Å². The van der Waals surface area contributed by atoms with Crippen LogP contribution in [0.25, 0.3) is 0 Å². The number of nitrogens with zero attached hydrogens (tertiary/aromatic N) is 2. The highest BCUT2D eigenvalue weighted by Gasteiger charge is 2.13. The Kier molecular flexibility index (Phi) is 3.47. The normalized spacial score (nSPS) is 11.7. The lowest BCUT2D eigenvalue weighted by atomic mass is 10.1. The lowest BCUT2D eigenvalue weighted by Crippen LogP contribution is -2.13. The van der Waals surface area contributed by atoms with Crippen LogP contribution in [-0.2, 0) is 6.42 Å². The van der Waals surface area contributed by atoms with Gasteiger partial charge in [-0.3, -0.25) is 4.98 Å². The van der Waals surface area contributed by atoms with Gasteiger partial charge in [-0.15, -0.1) is 0 Å². The molecule has 0 spiro atoms. The van der Waals surface area contributed by atoms with Crippen molar-refractivity contribution >= 4 is 17.2 Å². The van der Waals surface area contributed by atoms with Gasteiger partial charge in [-0.2, -0.15) is 0 Å². The van der Waals surface area contributed by atoms with Crippen LogP contribution in [0, 0.1) is 6.92 Å². The molecule has 0 aliphatic rings. The molecule has 2 aromatic rings. The Morgan fingerprint density at radius 3 is 2.89 bits per heavy atom. The fraction of sp³-hybridized carbons (Fsp3) is 0.167. The molecule has 0 unspecified atom stereocenters. The van der Waals surface area contributed by atoms with Crippen LogP contribution in [0.3, 0.4) is 0 Å². The van der Waals surface area contributed by atoms with Crippen molar-refractivity contribution in [3.8, 4) is 5.06 Å². The first-order valence-corrected chi connectivity index (χ1v) is 6.13. The smallest absolute Gasteiger partial charge is 0.180 e. The topological polar surface area (TPSA) is 91.7 Å². The Balaban J connectivity index is 2.31. The third-order valence-electron chi connectivity index (χ3n) is 2.48. The van der Waals surface area contributed by atoms with E-state index in [-0.39, 0.29) is 10.9 Å². The number of aryl methyl sites for hydroxylation is 1. The molecule has 5 nitrogen and oxygen atoms in total. The van der Waals surface area contributed by atoms with Crippen molar-refractivity contribution < 1.29 is 10.3 Å². The number of aromatic hydroxyl groups is 1. The van der Waals surface area contributed by atoms with Gasteiger partial charge in [0.1, 0.15) is 0 Å². The summed E-state index contributed by atoms with van der Waals surface area (Å²) in [6, 6.07) is 5.50. The molecule has 94 valence electrons. The maximum atomic E-state index is 9.51. The summed E-state index contributed by atoms with van der Waals surface area (Å²) >= 11 is 1.08. The van der Waals surface area contributed by atoms with E-state index in [0.29, 0.717) is 11.3 Å². The molecule has 0 fully saturated rings. The molecule has 0 aliphatic carbocycles. The SMILES string of the molecule is Cc1ccc(Cc2cc(O)sc2/C(N)=N/O)nc1. The van der Waals surface area contributed by atoms with E-state index >= 15 is 0 Å². The fourth-order valence-electron chi connectivity index (χ4n) is 1.61. The molecule has 0 radical (unpaired) electrons. The van der Waals surface area contributed by atoms with Crippen LogP contribution in [0.2, 0.25) is 0 Å². The zero-order valence-corrected chi connectivity index (χ0v) is 10.6. The van der Waals surface area contributed by atoms with Crippen LogP contribution in [-0.4, -0.2) is 21.1 Å². The quantitative estimate of drug-likeness (QED) is 0.341. The first-order valence-electron chi connectivity index (χ1n) is 5.31. The molecule has 4 N–H and O–H groups in total. The summed E-state index contributed by atoms with van der Waals surface area (Å²) < 4.78 is 0. The standard InChI is InChI=1S/C12H13N3O2S/c1-7-2-3-9(14-6-7)4-8-5-10(16)18-11(8)12(13)15-17/h2-3,5-6,16-17H,4H2,1H3,(H2,13,15). The molecule has 18 heavy (non-hydrogen) atoms. The van der Waals surface area contributed by atoms with Crippen molar-refractivity contribution in [2.45, 2.75) is 13.3 Å². The van der Waals surface area contributed by atoms with E-state index in [2.05, 4.69) is 10.1 Å². The molecule has 0 aromatic carbocycles. The van der Waals surface area contributed by atoms with E-state index < -0.39 is 0 Å². The van der Waals surface area contributed by atoms with Gasteiger partial charge >= 0.3 is 0 Å². The minimum atomic E-state index is 0.00223. The highest BCUT2D eigenvalue weighted by atomic mass is 32.1. The monoisotopic (exact) mass is 263 g/mol. The molecule has 0 bridgehead atoms. The van der Waals surface area contributed by atoms with Crippen LogP contribution in [0.15, 0.2) is 29.6 Å². The fourth-order valence-corrected chi connectivity index (χ4v) is 2.42. The summed E-state index contributed by atoms with van der Waals surface area (Å²) in [4.78, 5) is 4.86. The van der Waals surface area contributed by atoms with Gasteiger partial charge in [0.05, 0.1) is 4.88 Å². The molecular formula is C12H13N3O2S. The number of oxime groups is 1. The van der Waals surface area contributed by atoms with Crippen molar-refractivity contribution in [3.63, 3.8) is 0 Å². The molecule has 0 atom stereocenters. The number of pyridine rings is 1. The summed E-state index contributed by atoms with van der Waals surface area (Å²) in [5.41, 5.74) is 8.31.